The summed E-state index contributed by atoms with van der Waals surface area (Å²) in [6.45, 7) is 1.14. The Balaban J connectivity index is 1.74. The van der Waals surface area contributed by atoms with Gasteiger partial charge in [0.2, 0.25) is 10.0 Å². The van der Waals surface area contributed by atoms with Crippen molar-refractivity contribution in [1.29, 1.82) is 0 Å². The average Bonchev–Trinajstić information content (AvgIpc) is 3.21. The van der Waals surface area contributed by atoms with Gasteiger partial charge in [-0.15, -0.1) is 0 Å². The molecule has 3 rings (SSSR count). The van der Waals surface area contributed by atoms with E-state index in [1.807, 2.05) is 0 Å². The van der Waals surface area contributed by atoms with Crippen LogP contribution in [0.5, 0.6) is 0 Å². The number of carbonyl (C=O) groups is 1. The molecule has 1 saturated heterocycles. The number of carbonyl (C=O) groups excluding carboxylic acids is 1. The summed E-state index contributed by atoms with van der Waals surface area (Å²) in [5, 5.41) is 2.69. The number of amides is 1. The molecule has 1 aromatic carbocycles. The third-order valence-electron chi connectivity index (χ3n) is 3.60. The van der Waals surface area contributed by atoms with Crippen molar-refractivity contribution in [2.75, 3.05) is 18.4 Å². The van der Waals surface area contributed by atoms with Gasteiger partial charge in [-0.2, -0.15) is 4.31 Å². The van der Waals surface area contributed by atoms with E-state index in [9.17, 15) is 13.2 Å². The lowest BCUT2D eigenvalue weighted by atomic mass is 10.3. The summed E-state index contributed by atoms with van der Waals surface area (Å²) in [6.07, 6.45) is 4.57. The van der Waals surface area contributed by atoms with Crippen LogP contribution in [0.4, 0.5) is 5.69 Å². The lowest BCUT2D eigenvalue weighted by molar-refractivity contribution is 0.102. The van der Waals surface area contributed by atoms with Crippen LogP contribution in [-0.2, 0) is 10.0 Å². The number of furan rings is 1. The van der Waals surface area contributed by atoms with Gasteiger partial charge in [-0.25, -0.2) is 8.42 Å². The topological polar surface area (TPSA) is 79.6 Å². The SMILES string of the molecule is O=C(Nc1ccc(S(=O)(=O)N2CCCC2)cc1)c1ccoc1. The van der Waals surface area contributed by atoms with Gasteiger partial charge in [-0.1, -0.05) is 0 Å². The molecule has 2 aromatic rings. The monoisotopic (exact) mass is 320 g/mol. The molecule has 1 aliphatic heterocycles. The molecule has 1 aliphatic rings. The molecule has 6 nitrogen and oxygen atoms in total. The average molecular weight is 320 g/mol. The van der Waals surface area contributed by atoms with Gasteiger partial charge in [0.25, 0.3) is 5.91 Å². The summed E-state index contributed by atoms with van der Waals surface area (Å²) in [5.74, 6) is -0.302. The summed E-state index contributed by atoms with van der Waals surface area (Å²) in [5.41, 5.74) is 0.945. The fraction of sp³-hybridized carbons (Fsp3) is 0.267. The zero-order valence-corrected chi connectivity index (χ0v) is 12.7. The summed E-state index contributed by atoms with van der Waals surface area (Å²) in [7, 11) is -3.42. The highest BCUT2D eigenvalue weighted by Crippen LogP contribution is 2.22. The molecule has 116 valence electrons. The van der Waals surface area contributed by atoms with Crippen molar-refractivity contribution in [1.82, 2.24) is 4.31 Å². The highest BCUT2D eigenvalue weighted by atomic mass is 32.2. The molecule has 1 aromatic heterocycles. The van der Waals surface area contributed by atoms with E-state index >= 15 is 0 Å². The van der Waals surface area contributed by atoms with Crippen molar-refractivity contribution in [2.45, 2.75) is 17.7 Å². The molecule has 0 atom stereocenters. The molecule has 0 radical (unpaired) electrons. The smallest absolute Gasteiger partial charge is 0.258 e. The van der Waals surface area contributed by atoms with E-state index in [0.717, 1.165) is 12.8 Å². The number of hydrogen-bond acceptors (Lipinski definition) is 4. The van der Waals surface area contributed by atoms with Crippen molar-refractivity contribution in [2.24, 2.45) is 0 Å². The second kappa shape index (κ2) is 5.94. The van der Waals surface area contributed by atoms with Crippen LogP contribution in [-0.4, -0.2) is 31.7 Å². The summed E-state index contributed by atoms with van der Waals surface area (Å²) >= 11 is 0. The number of sulfonamides is 1. The van der Waals surface area contributed by atoms with Crippen molar-refractivity contribution < 1.29 is 17.6 Å². The molecule has 0 unspecified atom stereocenters. The van der Waals surface area contributed by atoms with Gasteiger partial charge < -0.3 is 9.73 Å². The van der Waals surface area contributed by atoms with Gasteiger partial charge in [0.05, 0.1) is 16.7 Å². The predicted octanol–water partition coefficient (Wildman–Crippen LogP) is 2.32. The quantitative estimate of drug-likeness (QED) is 0.937. The Morgan fingerprint density at radius 2 is 1.77 bits per heavy atom. The first kappa shape index (κ1) is 14.8. The maximum atomic E-state index is 12.4. The fourth-order valence-corrected chi connectivity index (χ4v) is 3.90. The molecule has 0 aliphatic carbocycles. The van der Waals surface area contributed by atoms with Gasteiger partial charge in [-0.05, 0) is 43.2 Å². The van der Waals surface area contributed by atoms with Crippen LogP contribution in [0.1, 0.15) is 23.2 Å². The molecule has 22 heavy (non-hydrogen) atoms. The maximum absolute atomic E-state index is 12.4. The van der Waals surface area contributed by atoms with Crippen LogP contribution < -0.4 is 5.32 Å². The molecule has 2 heterocycles. The molecule has 7 heteroatoms. The zero-order valence-electron chi connectivity index (χ0n) is 11.9. The normalized spacial score (nSPS) is 15.8. The van der Waals surface area contributed by atoms with E-state index in [0.29, 0.717) is 24.3 Å². The second-order valence-corrected chi connectivity index (χ2v) is 7.04. The summed E-state index contributed by atoms with van der Waals surface area (Å²) in [4.78, 5) is 12.1. The van der Waals surface area contributed by atoms with Crippen LogP contribution in [0.3, 0.4) is 0 Å². The van der Waals surface area contributed by atoms with Crippen molar-refractivity contribution in [3.63, 3.8) is 0 Å². The van der Waals surface area contributed by atoms with Gasteiger partial charge in [0, 0.05) is 18.8 Å². The van der Waals surface area contributed by atoms with Crippen LogP contribution in [0.15, 0.2) is 52.2 Å². The van der Waals surface area contributed by atoms with Crippen LogP contribution in [0.25, 0.3) is 0 Å². The Bertz CT molecular complexity index is 745. The Morgan fingerprint density at radius 3 is 2.36 bits per heavy atom. The Labute approximate surface area is 128 Å². The number of rotatable bonds is 4. The lowest BCUT2D eigenvalue weighted by Gasteiger charge is -2.15. The minimum absolute atomic E-state index is 0.246. The van der Waals surface area contributed by atoms with E-state index < -0.39 is 10.0 Å². The number of anilines is 1. The van der Waals surface area contributed by atoms with Gasteiger partial charge >= 0.3 is 0 Å². The first-order valence-electron chi connectivity index (χ1n) is 7.01. The summed E-state index contributed by atoms with van der Waals surface area (Å²) in [6, 6.07) is 7.75. The minimum Gasteiger partial charge on any atom is -0.472 e. The van der Waals surface area contributed by atoms with Crippen molar-refractivity contribution >= 4 is 21.6 Å². The Morgan fingerprint density at radius 1 is 1.09 bits per heavy atom. The zero-order chi connectivity index (χ0) is 15.6. The molecule has 1 amide bonds. The predicted molar refractivity (Wildman–Crippen MR) is 81.1 cm³/mol. The van der Waals surface area contributed by atoms with Crippen LogP contribution in [0.2, 0.25) is 0 Å². The third kappa shape index (κ3) is 2.90. The Hall–Kier alpha value is -2.12. The van der Waals surface area contributed by atoms with E-state index in [2.05, 4.69) is 5.32 Å². The lowest BCUT2D eigenvalue weighted by Crippen LogP contribution is -2.27. The standard InChI is InChI=1S/C15H16N2O4S/c18-15(12-7-10-21-11-12)16-13-3-5-14(6-4-13)22(19,20)17-8-1-2-9-17/h3-7,10-11H,1-2,8-9H2,(H,16,18). The van der Waals surface area contributed by atoms with Crippen LogP contribution in [0, 0.1) is 0 Å². The molecular weight excluding hydrogens is 304 g/mol. The first-order chi connectivity index (χ1) is 10.6. The number of benzene rings is 1. The van der Waals surface area contributed by atoms with E-state index in [1.54, 1.807) is 18.2 Å². The number of hydrogen-bond donors (Lipinski definition) is 1. The highest BCUT2D eigenvalue weighted by Gasteiger charge is 2.26. The highest BCUT2D eigenvalue weighted by molar-refractivity contribution is 7.89. The van der Waals surface area contributed by atoms with E-state index in [-0.39, 0.29) is 10.8 Å². The van der Waals surface area contributed by atoms with Crippen LogP contribution >= 0.6 is 0 Å². The molecule has 0 bridgehead atoms. The second-order valence-electron chi connectivity index (χ2n) is 5.10. The minimum atomic E-state index is -3.42. The summed E-state index contributed by atoms with van der Waals surface area (Å²) < 4.78 is 31.1. The van der Waals surface area contributed by atoms with Gasteiger partial charge in [0.1, 0.15) is 6.26 Å². The number of nitrogens with one attached hydrogen (secondary N) is 1. The largest absolute Gasteiger partial charge is 0.472 e. The molecular formula is C15H16N2O4S. The van der Waals surface area contributed by atoms with Gasteiger partial charge in [0.15, 0.2) is 0 Å². The molecule has 0 spiro atoms. The van der Waals surface area contributed by atoms with E-state index in [4.69, 9.17) is 4.42 Å². The molecule has 1 fully saturated rings. The molecule has 1 N–H and O–H groups in total. The Kier molecular flexibility index (Phi) is 4.00. The van der Waals surface area contributed by atoms with E-state index in [1.165, 1.54) is 29.0 Å². The maximum Gasteiger partial charge on any atom is 0.258 e. The van der Waals surface area contributed by atoms with Crippen molar-refractivity contribution in [3.8, 4) is 0 Å². The fourth-order valence-electron chi connectivity index (χ4n) is 2.38. The van der Waals surface area contributed by atoms with Gasteiger partial charge in [-0.3, -0.25) is 4.79 Å². The van der Waals surface area contributed by atoms with Crippen molar-refractivity contribution in [3.05, 3.63) is 48.4 Å². The number of nitrogens with zero attached hydrogens (tertiary/aromatic N) is 1. The molecule has 0 saturated carbocycles. The first-order valence-corrected chi connectivity index (χ1v) is 8.45. The third-order valence-corrected chi connectivity index (χ3v) is 5.51.